The van der Waals surface area contributed by atoms with Crippen molar-refractivity contribution in [2.24, 2.45) is 0 Å². The largest absolute Gasteiger partial charge is 0.483 e. The van der Waals surface area contributed by atoms with Gasteiger partial charge in [-0.3, -0.25) is 20.4 Å². The van der Waals surface area contributed by atoms with Crippen LogP contribution in [-0.4, -0.2) is 18.4 Å². The Morgan fingerprint density at radius 1 is 1.08 bits per heavy atom. The van der Waals surface area contributed by atoms with Gasteiger partial charge < -0.3 is 4.74 Å². The van der Waals surface area contributed by atoms with E-state index in [1.165, 1.54) is 0 Å². The maximum absolute atomic E-state index is 11.9. The maximum atomic E-state index is 11.9. The number of hydrogen-bond donors (Lipinski definition) is 2. The molecule has 0 aliphatic carbocycles. The van der Waals surface area contributed by atoms with Crippen LogP contribution in [0.3, 0.4) is 0 Å². The first kappa shape index (κ1) is 18.0. The van der Waals surface area contributed by atoms with Gasteiger partial charge in [0, 0.05) is 5.56 Å². The van der Waals surface area contributed by atoms with Crippen molar-refractivity contribution in [1.82, 2.24) is 10.9 Å². The van der Waals surface area contributed by atoms with Crippen LogP contribution in [0.1, 0.15) is 28.4 Å². The van der Waals surface area contributed by atoms with Crippen molar-refractivity contribution in [3.8, 4) is 5.75 Å². The molecule has 0 aromatic heterocycles. The minimum absolute atomic E-state index is 0.198. The fourth-order valence-electron chi connectivity index (χ4n) is 1.99. The molecular formula is C18H19BrN2O3. The van der Waals surface area contributed by atoms with E-state index in [9.17, 15) is 9.59 Å². The zero-order chi connectivity index (χ0) is 17.5. The van der Waals surface area contributed by atoms with E-state index < -0.39 is 5.91 Å². The van der Waals surface area contributed by atoms with Crippen LogP contribution in [0.15, 0.2) is 46.9 Å². The Morgan fingerprint density at radius 3 is 2.42 bits per heavy atom. The average molecular weight is 391 g/mol. The third kappa shape index (κ3) is 5.09. The van der Waals surface area contributed by atoms with E-state index in [0.717, 1.165) is 22.0 Å². The summed E-state index contributed by atoms with van der Waals surface area (Å²) in [5, 5.41) is 0. The maximum Gasteiger partial charge on any atom is 0.276 e. The highest BCUT2D eigenvalue weighted by Gasteiger charge is 2.09. The Hall–Kier alpha value is -2.34. The number of benzene rings is 2. The molecule has 2 aromatic carbocycles. The van der Waals surface area contributed by atoms with Gasteiger partial charge in [0.15, 0.2) is 6.61 Å². The topological polar surface area (TPSA) is 67.4 Å². The Bertz CT molecular complexity index is 730. The zero-order valence-corrected chi connectivity index (χ0v) is 15.1. The third-order valence-corrected chi connectivity index (χ3v) is 4.01. The second-order valence-electron chi connectivity index (χ2n) is 5.28. The van der Waals surface area contributed by atoms with Gasteiger partial charge in [-0.15, -0.1) is 0 Å². The summed E-state index contributed by atoms with van der Waals surface area (Å²) in [6.07, 6.45) is 0.907. The SMILES string of the molecule is CCc1ccc(C(=O)NNC(=O)COc2ccc(C)cc2Br)cc1. The number of nitrogens with one attached hydrogen (secondary N) is 2. The number of hydrazine groups is 1. The molecule has 0 saturated heterocycles. The number of halogens is 1. The van der Waals surface area contributed by atoms with Crippen molar-refractivity contribution < 1.29 is 14.3 Å². The molecule has 0 unspecified atom stereocenters. The van der Waals surface area contributed by atoms with Crippen molar-refractivity contribution in [2.45, 2.75) is 20.3 Å². The van der Waals surface area contributed by atoms with E-state index in [1.54, 1.807) is 18.2 Å². The molecule has 0 heterocycles. The molecule has 0 radical (unpaired) electrons. The molecule has 0 atom stereocenters. The summed E-state index contributed by atoms with van der Waals surface area (Å²) in [4.78, 5) is 23.7. The molecule has 0 aliphatic rings. The summed E-state index contributed by atoms with van der Waals surface area (Å²) in [6.45, 7) is 3.81. The fraction of sp³-hybridized carbons (Fsp3) is 0.222. The standard InChI is InChI=1S/C18H19BrN2O3/c1-3-13-5-7-14(8-6-13)18(23)21-20-17(22)11-24-16-9-4-12(2)10-15(16)19/h4-10H,3,11H2,1-2H3,(H,20,22)(H,21,23). The Balaban J connectivity index is 1.80. The smallest absolute Gasteiger partial charge is 0.276 e. The lowest BCUT2D eigenvalue weighted by atomic mass is 10.1. The number of ether oxygens (including phenoxy) is 1. The second-order valence-corrected chi connectivity index (χ2v) is 6.13. The van der Waals surface area contributed by atoms with Gasteiger partial charge in [0.1, 0.15) is 5.75 Å². The molecule has 5 nitrogen and oxygen atoms in total. The molecule has 126 valence electrons. The van der Waals surface area contributed by atoms with Crippen molar-refractivity contribution >= 4 is 27.7 Å². The van der Waals surface area contributed by atoms with Gasteiger partial charge in [0.2, 0.25) is 0 Å². The van der Waals surface area contributed by atoms with Crippen LogP contribution >= 0.6 is 15.9 Å². The Labute approximate surface area is 149 Å². The minimum Gasteiger partial charge on any atom is -0.483 e. The Kier molecular flexibility index (Phi) is 6.37. The number of amides is 2. The van der Waals surface area contributed by atoms with Crippen molar-refractivity contribution in [2.75, 3.05) is 6.61 Å². The van der Waals surface area contributed by atoms with E-state index >= 15 is 0 Å². The van der Waals surface area contributed by atoms with Gasteiger partial charge in [0.25, 0.3) is 11.8 Å². The molecule has 6 heteroatoms. The molecule has 2 rings (SSSR count). The lowest BCUT2D eigenvalue weighted by Crippen LogP contribution is -2.43. The zero-order valence-electron chi connectivity index (χ0n) is 13.6. The summed E-state index contributed by atoms with van der Waals surface area (Å²) in [5.41, 5.74) is 7.41. The molecule has 2 amide bonds. The normalized spacial score (nSPS) is 10.1. The third-order valence-electron chi connectivity index (χ3n) is 3.39. The fourth-order valence-corrected chi connectivity index (χ4v) is 2.60. The summed E-state index contributed by atoms with van der Waals surface area (Å²) < 4.78 is 6.19. The van der Waals surface area contributed by atoms with Crippen molar-refractivity contribution in [1.29, 1.82) is 0 Å². The molecule has 0 spiro atoms. The van der Waals surface area contributed by atoms with Crippen LogP contribution in [0.5, 0.6) is 5.75 Å². The average Bonchev–Trinajstić information content (AvgIpc) is 2.59. The molecular weight excluding hydrogens is 372 g/mol. The van der Waals surface area contributed by atoms with Crippen molar-refractivity contribution in [3.05, 3.63) is 63.6 Å². The van der Waals surface area contributed by atoms with Crippen LogP contribution < -0.4 is 15.6 Å². The van der Waals surface area contributed by atoms with Crippen molar-refractivity contribution in [3.63, 3.8) is 0 Å². The van der Waals surface area contributed by atoms with E-state index in [1.807, 2.05) is 38.1 Å². The predicted molar refractivity (Wildman–Crippen MR) is 95.8 cm³/mol. The van der Waals surface area contributed by atoms with E-state index in [-0.39, 0.29) is 12.5 Å². The summed E-state index contributed by atoms with van der Waals surface area (Å²) in [6, 6.07) is 12.8. The first-order valence-corrected chi connectivity index (χ1v) is 8.36. The highest BCUT2D eigenvalue weighted by Crippen LogP contribution is 2.25. The first-order valence-electron chi connectivity index (χ1n) is 7.56. The quantitative estimate of drug-likeness (QED) is 0.770. The molecule has 2 aromatic rings. The first-order chi connectivity index (χ1) is 11.5. The van der Waals surface area contributed by atoms with Crippen LogP contribution in [0.4, 0.5) is 0 Å². The van der Waals surface area contributed by atoms with Gasteiger partial charge >= 0.3 is 0 Å². The molecule has 0 fully saturated rings. The number of carbonyl (C=O) groups is 2. The van der Waals surface area contributed by atoms with Gasteiger partial charge in [-0.05, 0) is 64.7 Å². The summed E-state index contributed by atoms with van der Waals surface area (Å²) in [7, 11) is 0. The van der Waals surface area contributed by atoms with E-state index in [0.29, 0.717) is 11.3 Å². The van der Waals surface area contributed by atoms with Crippen LogP contribution in [0.25, 0.3) is 0 Å². The lowest BCUT2D eigenvalue weighted by molar-refractivity contribution is -0.123. The van der Waals surface area contributed by atoms with Crippen LogP contribution in [0, 0.1) is 6.92 Å². The molecule has 0 saturated carbocycles. The van der Waals surface area contributed by atoms with Gasteiger partial charge in [-0.25, -0.2) is 0 Å². The molecule has 2 N–H and O–H groups in total. The highest BCUT2D eigenvalue weighted by atomic mass is 79.9. The summed E-state index contributed by atoms with van der Waals surface area (Å²) >= 11 is 3.38. The van der Waals surface area contributed by atoms with Gasteiger partial charge in [-0.2, -0.15) is 0 Å². The van der Waals surface area contributed by atoms with E-state index in [2.05, 4.69) is 26.8 Å². The summed E-state index contributed by atoms with van der Waals surface area (Å²) in [5.74, 6) is -0.249. The Morgan fingerprint density at radius 2 is 1.79 bits per heavy atom. The lowest BCUT2D eigenvalue weighted by Gasteiger charge is -2.10. The molecule has 0 aliphatic heterocycles. The second kappa shape index (κ2) is 8.49. The molecule has 0 bridgehead atoms. The molecule has 24 heavy (non-hydrogen) atoms. The highest BCUT2D eigenvalue weighted by molar-refractivity contribution is 9.10. The minimum atomic E-state index is -0.444. The number of aryl methyl sites for hydroxylation is 2. The number of carbonyl (C=O) groups excluding carboxylic acids is 2. The monoisotopic (exact) mass is 390 g/mol. The van der Waals surface area contributed by atoms with E-state index in [4.69, 9.17) is 4.74 Å². The van der Waals surface area contributed by atoms with Crippen LogP contribution in [0.2, 0.25) is 0 Å². The van der Waals surface area contributed by atoms with Crippen LogP contribution in [-0.2, 0) is 11.2 Å². The van der Waals surface area contributed by atoms with Gasteiger partial charge in [-0.1, -0.05) is 25.1 Å². The predicted octanol–water partition coefficient (Wildman–Crippen LogP) is 3.16. The van der Waals surface area contributed by atoms with Gasteiger partial charge in [0.05, 0.1) is 4.47 Å². The number of rotatable bonds is 5. The number of hydrogen-bond acceptors (Lipinski definition) is 3.